The second kappa shape index (κ2) is 3.42. The van der Waals surface area contributed by atoms with E-state index in [0.717, 1.165) is 16.9 Å². The molecule has 0 bridgehead atoms. The summed E-state index contributed by atoms with van der Waals surface area (Å²) in [7, 11) is 1.91. The summed E-state index contributed by atoms with van der Waals surface area (Å²) in [4.78, 5) is 0. The molecule has 1 aromatic heterocycles. The number of nitrogens with two attached hydrogens (primary N) is 1. The van der Waals surface area contributed by atoms with Crippen LogP contribution in [0.25, 0.3) is 11.3 Å². The molecule has 0 atom stereocenters. The van der Waals surface area contributed by atoms with Gasteiger partial charge in [0.2, 0.25) is 0 Å². The van der Waals surface area contributed by atoms with E-state index < -0.39 is 0 Å². The number of hydrogen-bond acceptors (Lipinski definition) is 2. The van der Waals surface area contributed by atoms with Crippen molar-refractivity contribution < 1.29 is 0 Å². The van der Waals surface area contributed by atoms with E-state index in [1.54, 1.807) is 6.20 Å². The highest BCUT2D eigenvalue weighted by Crippen LogP contribution is 2.28. The van der Waals surface area contributed by atoms with Crippen molar-refractivity contribution in [3.05, 3.63) is 35.5 Å². The van der Waals surface area contributed by atoms with Crippen LogP contribution in [0.1, 0.15) is 11.1 Å². The molecule has 0 aliphatic heterocycles. The summed E-state index contributed by atoms with van der Waals surface area (Å²) in [5.74, 6) is 0. The van der Waals surface area contributed by atoms with Gasteiger partial charge >= 0.3 is 0 Å². The van der Waals surface area contributed by atoms with Crippen LogP contribution in [0.4, 0.5) is 5.69 Å². The first kappa shape index (κ1) is 9.77. The molecule has 0 amide bonds. The van der Waals surface area contributed by atoms with Gasteiger partial charge in [0.15, 0.2) is 0 Å². The zero-order chi connectivity index (χ0) is 11.0. The maximum absolute atomic E-state index is 5.90. The number of nitrogens with zero attached hydrogens (tertiary/aromatic N) is 2. The van der Waals surface area contributed by atoms with Gasteiger partial charge in [0.05, 0.1) is 17.6 Å². The van der Waals surface area contributed by atoms with E-state index in [2.05, 4.69) is 37.1 Å². The minimum Gasteiger partial charge on any atom is -0.396 e. The van der Waals surface area contributed by atoms with Gasteiger partial charge in [-0.3, -0.25) is 4.68 Å². The van der Waals surface area contributed by atoms with Gasteiger partial charge in [-0.1, -0.05) is 23.8 Å². The predicted molar refractivity (Wildman–Crippen MR) is 62.5 cm³/mol. The molecule has 2 N–H and O–H groups in total. The molecule has 0 saturated heterocycles. The molecular weight excluding hydrogens is 186 g/mol. The van der Waals surface area contributed by atoms with E-state index in [9.17, 15) is 0 Å². The predicted octanol–water partition coefficient (Wildman–Crippen LogP) is 2.29. The first-order valence-corrected chi connectivity index (χ1v) is 4.94. The lowest BCUT2D eigenvalue weighted by molar-refractivity contribution is 0.775. The summed E-state index contributed by atoms with van der Waals surface area (Å²) in [6, 6.07) is 6.34. The Morgan fingerprint density at radius 1 is 1.27 bits per heavy atom. The molecule has 0 aliphatic rings. The summed E-state index contributed by atoms with van der Waals surface area (Å²) in [5.41, 5.74) is 11.3. The Labute approximate surface area is 89.5 Å². The van der Waals surface area contributed by atoms with E-state index in [1.165, 1.54) is 11.1 Å². The summed E-state index contributed by atoms with van der Waals surface area (Å²) >= 11 is 0. The highest BCUT2D eigenvalue weighted by Gasteiger charge is 2.10. The van der Waals surface area contributed by atoms with Gasteiger partial charge in [-0.05, 0) is 19.4 Å². The lowest BCUT2D eigenvalue weighted by Crippen LogP contribution is -1.97. The SMILES string of the molecule is Cc1ccc(-c2c(N)cnn2C)c(C)c1. The summed E-state index contributed by atoms with van der Waals surface area (Å²) in [6.45, 7) is 4.18. The van der Waals surface area contributed by atoms with Crippen LogP contribution in [0.15, 0.2) is 24.4 Å². The number of anilines is 1. The van der Waals surface area contributed by atoms with E-state index in [0.29, 0.717) is 0 Å². The lowest BCUT2D eigenvalue weighted by Gasteiger charge is -2.08. The maximum Gasteiger partial charge on any atom is 0.0911 e. The Morgan fingerprint density at radius 2 is 2.00 bits per heavy atom. The van der Waals surface area contributed by atoms with E-state index in [1.807, 2.05) is 11.7 Å². The minimum absolute atomic E-state index is 0.726. The number of hydrogen-bond donors (Lipinski definition) is 1. The highest BCUT2D eigenvalue weighted by molar-refractivity contribution is 5.75. The third kappa shape index (κ3) is 1.61. The monoisotopic (exact) mass is 201 g/mol. The van der Waals surface area contributed by atoms with Crippen LogP contribution in [0.2, 0.25) is 0 Å². The van der Waals surface area contributed by atoms with Crippen molar-refractivity contribution in [2.45, 2.75) is 13.8 Å². The van der Waals surface area contributed by atoms with Crippen LogP contribution in [0.3, 0.4) is 0 Å². The van der Waals surface area contributed by atoms with Gasteiger partial charge in [-0.15, -0.1) is 0 Å². The molecule has 0 radical (unpaired) electrons. The summed E-state index contributed by atoms with van der Waals surface area (Å²) in [5, 5.41) is 4.15. The maximum atomic E-state index is 5.90. The number of aryl methyl sites for hydroxylation is 3. The first-order chi connectivity index (χ1) is 7.09. The second-order valence-corrected chi connectivity index (χ2v) is 3.89. The normalized spacial score (nSPS) is 10.6. The molecule has 1 aromatic carbocycles. The van der Waals surface area contributed by atoms with Crippen molar-refractivity contribution >= 4 is 5.69 Å². The van der Waals surface area contributed by atoms with Gasteiger partial charge in [0.25, 0.3) is 0 Å². The molecule has 0 spiro atoms. The smallest absolute Gasteiger partial charge is 0.0911 e. The van der Waals surface area contributed by atoms with Gasteiger partial charge in [-0.25, -0.2) is 0 Å². The lowest BCUT2D eigenvalue weighted by atomic mass is 10.0. The molecule has 0 aliphatic carbocycles. The zero-order valence-electron chi connectivity index (χ0n) is 9.28. The van der Waals surface area contributed by atoms with E-state index >= 15 is 0 Å². The molecule has 2 rings (SSSR count). The summed E-state index contributed by atoms with van der Waals surface area (Å²) < 4.78 is 1.81. The Morgan fingerprint density at radius 3 is 2.53 bits per heavy atom. The average molecular weight is 201 g/mol. The fourth-order valence-electron chi connectivity index (χ4n) is 1.86. The topological polar surface area (TPSA) is 43.8 Å². The molecule has 3 heteroatoms. The molecule has 78 valence electrons. The van der Waals surface area contributed by atoms with Gasteiger partial charge in [-0.2, -0.15) is 5.10 Å². The quantitative estimate of drug-likeness (QED) is 0.769. The highest BCUT2D eigenvalue weighted by atomic mass is 15.3. The molecule has 1 heterocycles. The van der Waals surface area contributed by atoms with Crippen LogP contribution < -0.4 is 5.73 Å². The van der Waals surface area contributed by atoms with E-state index in [-0.39, 0.29) is 0 Å². The van der Waals surface area contributed by atoms with Gasteiger partial charge in [0.1, 0.15) is 0 Å². The zero-order valence-corrected chi connectivity index (χ0v) is 9.28. The van der Waals surface area contributed by atoms with Gasteiger partial charge < -0.3 is 5.73 Å². The Hall–Kier alpha value is -1.77. The van der Waals surface area contributed by atoms with Crippen molar-refractivity contribution in [1.29, 1.82) is 0 Å². The minimum atomic E-state index is 0.726. The van der Waals surface area contributed by atoms with Crippen molar-refractivity contribution in [3.8, 4) is 11.3 Å². The van der Waals surface area contributed by atoms with Crippen LogP contribution >= 0.6 is 0 Å². The van der Waals surface area contributed by atoms with Crippen molar-refractivity contribution in [1.82, 2.24) is 9.78 Å². The van der Waals surface area contributed by atoms with Crippen molar-refractivity contribution in [2.24, 2.45) is 7.05 Å². The number of benzene rings is 1. The second-order valence-electron chi connectivity index (χ2n) is 3.89. The Bertz CT molecular complexity index is 478. The number of aromatic nitrogens is 2. The van der Waals surface area contributed by atoms with E-state index in [4.69, 9.17) is 5.73 Å². The molecule has 0 unspecified atom stereocenters. The first-order valence-electron chi connectivity index (χ1n) is 4.94. The number of rotatable bonds is 1. The summed E-state index contributed by atoms with van der Waals surface area (Å²) in [6.07, 6.45) is 1.69. The molecule has 3 nitrogen and oxygen atoms in total. The van der Waals surface area contributed by atoms with Crippen molar-refractivity contribution in [2.75, 3.05) is 5.73 Å². The Kier molecular flexibility index (Phi) is 2.23. The van der Waals surface area contributed by atoms with Crippen LogP contribution in [0, 0.1) is 13.8 Å². The fraction of sp³-hybridized carbons (Fsp3) is 0.250. The third-order valence-electron chi connectivity index (χ3n) is 2.60. The third-order valence-corrected chi connectivity index (χ3v) is 2.60. The Balaban J connectivity index is 2.64. The van der Waals surface area contributed by atoms with Crippen LogP contribution in [-0.4, -0.2) is 9.78 Å². The molecule has 15 heavy (non-hydrogen) atoms. The average Bonchev–Trinajstić information content (AvgIpc) is 2.48. The van der Waals surface area contributed by atoms with Gasteiger partial charge in [0, 0.05) is 12.6 Å². The molecule has 0 saturated carbocycles. The number of nitrogen functional groups attached to an aromatic ring is 1. The van der Waals surface area contributed by atoms with Crippen molar-refractivity contribution in [3.63, 3.8) is 0 Å². The standard InChI is InChI=1S/C12H15N3/c1-8-4-5-10(9(2)6-8)12-11(13)7-14-15(12)3/h4-7H,13H2,1-3H3. The van der Waals surface area contributed by atoms with Crippen LogP contribution in [-0.2, 0) is 7.05 Å². The largest absolute Gasteiger partial charge is 0.396 e. The molecular formula is C12H15N3. The van der Waals surface area contributed by atoms with Crippen LogP contribution in [0.5, 0.6) is 0 Å². The molecule has 0 fully saturated rings. The fourth-order valence-corrected chi connectivity index (χ4v) is 1.86. The molecule has 2 aromatic rings.